The van der Waals surface area contributed by atoms with E-state index >= 15 is 0 Å². The van der Waals surface area contributed by atoms with Crippen molar-refractivity contribution in [3.05, 3.63) is 10.6 Å². The standard InChI is InChI=1S/CHN3O2/c5-1-2-3-4-6-1/h3H. The molecule has 0 fully saturated rings. The molecule has 0 saturated carbocycles. The van der Waals surface area contributed by atoms with Crippen molar-refractivity contribution in [2.75, 3.05) is 0 Å². The van der Waals surface area contributed by atoms with Gasteiger partial charge in [-0.2, -0.15) is 0 Å². The molecule has 0 unspecified atom stereocenters. The van der Waals surface area contributed by atoms with Gasteiger partial charge in [-0.3, -0.25) is 0 Å². The maximum Gasteiger partial charge on any atom is 0.392 e. The van der Waals surface area contributed by atoms with E-state index in [0.29, 0.717) is 0 Å². The molecule has 0 radical (unpaired) electrons. The molecule has 5 heteroatoms. The van der Waals surface area contributed by atoms with E-state index in [1.165, 1.54) is 0 Å². The summed E-state index contributed by atoms with van der Waals surface area (Å²) < 4.78 is 3.86. The van der Waals surface area contributed by atoms with Gasteiger partial charge in [0.05, 0.1) is 0 Å². The van der Waals surface area contributed by atoms with Crippen molar-refractivity contribution in [3.63, 3.8) is 0 Å². The molecule has 32 valence electrons. The average molecular weight is 87.0 g/mol. The Kier molecular flexibility index (Phi) is 0.474. The minimum Gasteiger partial charge on any atom is -0.367 e. The predicted octanol–water partition coefficient (Wildman–Crippen LogP) is -2.19. The van der Waals surface area contributed by atoms with Crippen molar-refractivity contribution >= 4 is 0 Å². The van der Waals surface area contributed by atoms with Gasteiger partial charge in [0.1, 0.15) is 0 Å². The Labute approximate surface area is 31.9 Å². The van der Waals surface area contributed by atoms with Crippen molar-refractivity contribution in [3.8, 4) is 0 Å². The third-order valence-corrected chi connectivity index (χ3v) is 0.306. The minimum atomic E-state index is -0.699. The largest absolute Gasteiger partial charge is 0.392 e. The number of hydrogen-bond acceptors (Lipinski definition) is 3. The summed E-state index contributed by atoms with van der Waals surface area (Å²) in [7, 11) is 0. The van der Waals surface area contributed by atoms with Crippen LogP contribution in [0.4, 0.5) is 0 Å². The summed E-state index contributed by atoms with van der Waals surface area (Å²) in [5.74, 6) is -0.699. The molecule has 1 aromatic rings. The third kappa shape index (κ3) is 0.291. The van der Waals surface area contributed by atoms with Gasteiger partial charge in [0.2, 0.25) is 0 Å². The maximum atomic E-state index is 9.70. The van der Waals surface area contributed by atoms with E-state index in [0.717, 1.165) is 0 Å². The smallest absolute Gasteiger partial charge is 0.367 e. The van der Waals surface area contributed by atoms with Crippen LogP contribution < -0.4 is 16.2 Å². The summed E-state index contributed by atoms with van der Waals surface area (Å²) in [6.45, 7) is 0. The first-order valence-corrected chi connectivity index (χ1v) is 1.26. The van der Waals surface area contributed by atoms with Crippen molar-refractivity contribution in [1.29, 1.82) is 0 Å². The molecular weight excluding hydrogens is 86.0 g/mol. The van der Waals surface area contributed by atoms with E-state index < -0.39 is 5.76 Å². The Morgan fingerprint density at radius 2 is 2.83 bits per heavy atom. The first-order chi connectivity index (χ1) is 2.89. The molecule has 0 bridgehead atoms. The molecule has 0 saturated heterocycles. The van der Waals surface area contributed by atoms with Gasteiger partial charge in [-0.15, -0.1) is 10.3 Å². The summed E-state index contributed by atoms with van der Waals surface area (Å²) in [6, 6.07) is 0. The van der Waals surface area contributed by atoms with E-state index in [1.54, 1.807) is 0 Å². The van der Waals surface area contributed by atoms with Crippen LogP contribution in [0.25, 0.3) is 0 Å². The number of rotatable bonds is 0. The highest BCUT2D eigenvalue weighted by Gasteiger charge is 1.71. The van der Waals surface area contributed by atoms with E-state index in [-0.39, 0.29) is 0 Å². The van der Waals surface area contributed by atoms with Crippen LogP contribution in [0.15, 0.2) is 9.32 Å². The molecule has 0 atom stereocenters. The molecule has 1 rings (SSSR count). The van der Waals surface area contributed by atoms with Crippen LogP contribution in [-0.4, -0.2) is 5.10 Å². The summed E-state index contributed by atoms with van der Waals surface area (Å²) in [6.07, 6.45) is 0. The van der Waals surface area contributed by atoms with Gasteiger partial charge in [-0.25, -0.2) is 4.79 Å². The van der Waals surface area contributed by atoms with Crippen molar-refractivity contribution in [1.82, 2.24) is 10.4 Å². The third-order valence-electron chi connectivity index (χ3n) is 0.306. The lowest BCUT2D eigenvalue weighted by molar-refractivity contribution is -0.540. The molecule has 0 aliphatic heterocycles. The van der Waals surface area contributed by atoms with Crippen LogP contribution in [0.5, 0.6) is 0 Å². The molecule has 0 amide bonds. The fraction of sp³-hybridized carbons (Fsp3) is 0. The highest BCUT2D eigenvalue weighted by Crippen LogP contribution is 1.31. The van der Waals surface area contributed by atoms with Crippen molar-refractivity contribution in [2.24, 2.45) is 0 Å². The maximum absolute atomic E-state index is 9.70. The van der Waals surface area contributed by atoms with Crippen LogP contribution in [0.2, 0.25) is 0 Å². The van der Waals surface area contributed by atoms with Gasteiger partial charge in [0.15, 0.2) is 0 Å². The Morgan fingerprint density at radius 1 is 2.00 bits per heavy atom. The summed E-state index contributed by atoms with van der Waals surface area (Å²) in [5.41, 5.74) is 0. The Balaban J connectivity index is 3.41. The van der Waals surface area contributed by atoms with Crippen LogP contribution in [-0.2, 0) is 0 Å². The van der Waals surface area contributed by atoms with Gasteiger partial charge in [-0.05, 0) is 5.27 Å². The minimum absolute atomic E-state index is 0.699. The summed E-state index contributed by atoms with van der Waals surface area (Å²) in [4.78, 5) is 9.70. The zero-order valence-electron chi connectivity index (χ0n) is 2.71. The topological polar surface area (TPSA) is 71.3 Å². The molecule has 0 aliphatic carbocycles. The summed E-state index contributed by atoms with van der Waals surface area (Å²) >= 11 is 0. The molecule has 5 nitrogen and oxygen atoms in total. The van der Waals surface area contributed by atoms with Gasteiger partial charge in [0, 0.05) is 0 Å². The zero-order chi connectivity index (χ0) is 4.41. The number of H-pyrrole nitrogens is 1. The Bertz CT molecular complexity index is 147. The number of aromatic nitrogens is 3. The fourth-order valence-corrected chi connectivity index (χ4v) is 0.141. The highest BCUT2D eigenvalue weighted by atomic mass is 16.5. The molecule has 0 spiro atoms. The van der Waals surface area contributed by atoms with E-state index in [2.05, 4.69) is 14.9 Å². The monoisotopic (exact) mass is 87.0 g/mol. The number of aromatic amines is 1. The number of nitrogens with one attached hydrogen (secondary N) is 1. The van der Waals surface area contributed by atoms with Gasteiger partial charge in [-0.1, -0.05) is 0 Å². The van der Waals surface area contributed by atoms with Crippen LogP contribution >= 0.6 is 0 Å². The number of hydrogen-bond donors (Lipinski definition) is 0. The molecule has 1 aromatic heterocycles. The predicted molar refractivity (Wildman–Crippen MR) is 12.6 cm³/mol. The highest BCUT2D eigenvalue weighted by molar-refractivity contribution is 4.22. The second kappa shape index (κ2) is 0.925. The van der Waals surface area contributed by atoms with Gasteiger partial charge in [0.25, 0.3) is 0 Å². The molecule has 1 N–H and O–H groups in total. The van der Waals surface area contributed by atoms with Crippen LogP contribution in [0.3, 0.4) is 0 Å². The van der Waals surface area contributed by atoms with Gasteiger partial charge < -0.3 is 4.52 Å². The molecule has 6 heavy (non-hydrogen) atoms. The average Bonchev–Trinajstić information content (AvgIpc) is 1.86. The fourth-order valence-electron chi connectivity index (χ4n) is 0.141. The first kappa shape index (κ1) is 3.08. The van der Waals surface area contributed by atoms with E-state index in [4.69, 9.17) is 0 Å². The molecular formula is CHN3O2. The van der Waals surface area contributed by atoms with Crippen LogP contribution in [0.1, 0.15) is 0 Å². The van der Waals surface area contributed by atoms with Gasteiger partial charge >= 0.3 is 5.76 Å². The zero-order valence-corrected chi connectivity index (χ0v) is 2.71. The van der Waals surface area contributed by atoms with E-state index in [9.17, 15) is 4.79 Å². The van der Waals surface area contributed by atoms with E-state index in [1.807, 2.05) is 5.21 Å². The second-order valence-corrected chi connectivity index (χ2v) is 0.660. The van der Waals surface area contributed by atoms with Crippen molar-refractivity contribution < 1.29 is 9.74 Å². The number of nitrogens with zero attached hydrogens (tertiary/aromatic N) is 2. The molecule has 0 aromatic carbocycles. The quantitative estimate of drug-likeness (QED) is 0.360. The molecule has 0 aliphatic rings. The lowest BCUT2D eigenvalue weighted by Crippen LogP contribution is -2.11. The lowest BCUT2D eigenvalue weighted by Gasteiger charge is -1.50. The Morgan fingerprint density at radius 3 is 3.00 bits per heavy atom. The summed E-state index contributed by atoms with van der Waals surface area (Å²) in [5, 5.41) is 7.81. The molecule has 1 heterocycles. The SMILES string of the molecule is O=c1n[nH+][n-]o1. The Hall–Kier alpha value is -1.13. The normalized spacial score (nSPS) is 8.67. The first-order valence-electron chi connectivity index (χ1n) is 1.26. The lowest BCUT2D eigenvalue weighted by atomic mass is 11.5. The van der Waals surface area contributed by atoms with Crippen LogP contribution in [0, 0.1) is 0 Å². The second-order valence-electron chi connectivity index (χ2n) is 0.660. The van der Waals surface area contributed by atoms with Crippen molar-refractivity contribution in [2.45, 2.75) is 0 Å².